The van der Waals surface area contributed by atoms with Crippen molar-refractivity contribution < 1.29 is 13.6 Å². The number of carbonyl (C=O) groups is 1. The summed E-state index contributed by atoms with van der Waals surface area (Å²) in [5.74, 6) is -2.52. The van der Waals surface area contributed by atoms with Gasteiger partial charge >= 0.3 is 0 Å². The predicted molar refractivity (Wildman–Crippen MR) is 82.3 cm³/mol. The molecule has 2 aliphatic rings. The van der Waals surface area contributed by atoms with E-state index in [0.717, 1.165) is 25.0 Å². The maximum Gasteiger partial charge on any atom is 0.255 e. The van der Waals surface area contributed by atoms with Crippen molar-refractivity contribution in [3.8, 4) is 0 Å². The molecule has 0 radical (unpaired) electrons. The maximum absolute atomic E-state index is 13.4. The summed E-state index contributed by atoms with van der Waals surface area (Å²) in [7, 11) is 0. The van der Waals surface area contributed by atoms with Crippen LogP contribution < -0.4 is 10.6 Å². The Morgan fingerprint density at radius 1 is 1.08 bits per heavy atom. The van der Waals surface area contributed by atoms with Gasteiger partial charge in [0.2, 0.25) is 0 Å². The van der Waals surface area contributed by atoms with Crippen LogP contribution in [0.15, 0.2) is 18.3 Å². The monoisotopic (exact) mass is 333 g/mol. The molecule has 2 heterocycles. The zero-order valence-corrected chi connectivity index (χ0v) is 12.9. The van der Waals surface area contributed by atoms with E-state index in [9.17, 15) is 13.6 Å². The molecule has 1 amide bonds. The minimum atomic E-state index is -1.05. The van der Waals surface area contributed by atoms with Gasteiger partial charge in [-0.1, -0.05) is 24.5 Å². The van der Waals surface area contributed by atoms with E-state index in [1.165, 1.54) is 19.3 Å². The molecular formula is C16H17F2N5O. The third-order valence-electron chi connectivity index (χ3n) is 4.65. The van der Waals surface area contributed by atoms with Crippen LogP contribution in [0.5, 0.6) is 0 Å². The number of hydrogen-bond donors (Lipinski definition) is 2. The first-order valence-electron chi connectivity index (χ1n) is 8.10. The molecular weight excluding hydrogens is 316 g/mol. The van der Waals surface area contributed by atoms with Gasteiger partial charge in [0, 0.05) is 6.07 Å². The summed E-state index contributed by atoms with van der Waals surface area (Å²) >= 11 is 0. The van der Waals surface area contributed by atoms with Gasteiger partial charge in [-0.3, -0.25) is 4.79 Å². The van der Waals surface area contributed by atoms with Gasteiger partial charge in [0.25, 0.3) is 5.91 Å². The molecule has 1 aromatic heterocycles. The number of amides is 1. The fourth-order valence-electron chi connectivity index (χ4n) is 3.35. The molecule has 126 valence electrons. The number of benzene rings is 1. The van der Waals surface area contributed by atoms with Gasteiger partial charge in [-0.05, 0) is 18.9 Å². The minimum Gasteiger partial charge on any atom is -0.359 e. The molecule has 1 saturated carbocycles. The average molecular weight is 333 g/mol. The first kappa shape index (κ1) is 15.0. The number of aromatic nitrogens is 3. The van der Waals surface area contributed by atoms with Crippen molar-refractivity contribution in [1.29, 1.82) is 0 Å². The lowest BCUT2D eigenvalue weighted by molar-refractivity contribution is 0.0934. The number of nitrogens with one attached hydrogen (secondary N) is 2. The number of halogens is 2. The fraction of sp³-hybridized carbons (Fsp3) is 0.438. The molecule has 2 N–H and O–H groups in total. The SMILES string of the molecule is O=C1NC(c2cn(C3CCCCC3)nn2)Nc2cc(F)c(F)cc21. The summed E-state index contributed by atoms with van der Waals surface area (Å²) < 4.78 is 28.6. The second kappa shape index (κ2) is 5.85. The normalized spacial score (nSPS) is 21.1. The largest absolute Gasteiger partial charge is 0.359 e. The molecule has 1 aromatic carbocycles. The molecule has 4 rings (SSSR count). The van der Waals surface area contributed by atoms with Gasteiger partial charge in [0.05, 0.1) is 23.5 Å². The van der Waals surface area contributed by atoms with Gasteiger partial charge in [-0.25, -0.2) is 13.5 Å². The van der Waals surface area contributed by atoms with E-state index in [-0.39, 0.29) is 11.3 Å². The van der Waals surface area contributed by atoms with Crippen molar-refractivity contribution in [2.45, 2.75) is 44.3 Å². The Bertz CT molecular complexity index is 785. The van der Waals surface area contributed by atoms with E-state index < -0.39 is 23.7 Å². The van der Waals surface area contributed by atoms with Gasteiger partial charge < -0.3 is 10.6 Å². The smallest absolute Gasteiger partial charge is 0.255 e. The second-order valence-electron chi connectivity index (χ2n) is 6.28. The molecule has 1 atom stereocenters. The summed E-state index contributed by atoms with van der Waals surface area (Å²) in [4.78, 5) is 12.1. The number of anilines is 1. The summed E-state index contributed by atoms with van der Waals surface area (Å²) in [6, 6.07) is 2.21. The zero-order valence-electron chi connectivity index (χ0n) is 12.9. The lowest BCUT2D eigenvalue weighted by Gasteiger charge is -2.26. The first-order chi connectivity index (χ1) is 11.6. The number of fused-ring (bicyclic) bond motifs is 1. The average Bonchev–Trinajstić information content (AvgIpc) is 3.07. The van der Waals surface area contributed by atoms with Crippen LogP contribution in [0.25, 0.3) is 0 Å². The van der Waals surface area contributed by atoms with Crippen LogP contribution in [0.3, 0.4) is 0 Å². The molecule has 0 bridgehead atoms. The molecule has 1 unspecified atom stereocenters. The molecule has 0 saturated heterocycles. The lowest BCUT2D eigenvalue weighted by Crippen LogP contribution is -2.38. The topological polar surface area (TPSA) is 71.8 Å². The number of hydrogen-bond acceptors (Lipinski definition) is 4. The van der Waals surface area contributed by atoms with Crippen molar-refractivity contribution in [3.05, 3.63) is 41.2 Å². The van der Waals surface area contributed by atoms with Crippen molar-refractivity contribution in [3.63, 3.8) is 0 Å². The van der Waals surface area contributed by atoms with E-state index in [1.807, 2.05) is 4.68 Å². The van der Waals surface area contributed by atoms with Crippen LogP contribution in [-0.4, -0.2) is 20.9 Å². The standard InChI is InChI=1S/C16H17F2N5O/c17-11-6-10-13(7-12(11)18)19-15(20-16(10)24)14-8-23(22-21-14)9-4-2-1-3-5-9/h6-9,15,19H,1-5H2,(H,20,24). The fourth-order valence-corrected chi connectivity index (χ4v) is 3.35. The highest BCUT2D eigenvalue weighted by Crippen LogP contribution is 2.30. The van der Waals surface area contributed by atoms with E-state index in [1.54, 1.807) is 6.20 Å². The quantitative estimate of drug-likeness (QED) is 0.886. The highest BCUT2D eigenvalue weighted by atomic mass is 19.2. The third-order valence-corrected chi connectivity index (χ3v) is 4.65. The van der Waals surface area contributed by atoms with Crippen LogP contribution in [0.2, 0.25) is 0 Å². The van der Waals surface area contributed by atoms with Gasteiger partial charge in [0.15, 0.2) is 11.6 Å². The molecule has 6 nitrogen and oxygen atoms in total. The van der Waals surface area contributed by atoms with E-state index in [2.05, 4.69) is 20.9 Å². The van der Waals surface area contributed by atoms with Crippen molar-refractivity contribution in [2.24, 2.45) is 0 Å². The van der Waals surface area contributed by atoms with Crippen molar-refractivity contribution in [2.75, 3.05) is 5.32 Å². The molecule has 0 spiro atoms. The summed E-state index contributed by atoms with van der Waals surface area (Å²) in [6.45, 7) is 0. The molecule has 1 aliphatic carbocycles. The summed E-state index contributed by atoms with van der Waals surface area (Å²) in [5.41, 5.74) is 0.865. The Hall–Kier alpha value is -2.51. The molecule has 8 heteroatoms. The van der Waals surface area contributed by atoms with E-state index in [0.29, 0.717) is 11.7 Å². The Labute approximate surface area is 137 Å². The summed E-state index contributed by atoms with van der Waals surface area (Å²) in [5, 5.41) is 14.0. The molecule has 1 fully saturated rings. The van der Waals surface area contributed by atoms with Gasteiger partial charge in [0.1, 0.15) is 11.9 Å². The number of carbonyl (C=O) groups excluding carboxylic acids is 1. The predicted octanol–water partition coefficient (Wildman–Crippen LogP) is 2.92. The van der Waals surface area contributed by atoms with Crippen molar-refractivity contribution in [1.82, 2.24) is 20.3 Å². The van der Waals surface area contributed by atoms with Gasteiger partial charge in [-0.15, -0.1) is 5.10 Å². The zero-order chi connectivity index (χ0) is 16.7. The van der Waals surface area contributed by atoms with Crippen LogP contribution in [0, 0.1) is 11.6 Å². The number of rotatable bonds is 2. The van der Waals surface area contributed by atoms with Crippen LogP contribution >= 0.6 is 0 Å². The van der Waals surface area contributed by atoms with Crippen molar-refractivity contribution >= 4 is 11.6 Å². The lowest BCUT2D eigenvalue weighted by atomic mass is 9.96. The van der Waals surface area contributed by atoms with E-state index in [4.69, 9.17) is 0 Å². The first-order valence-corrected chi connectivity index (χ1v) is 8.10. The Balaban J connectivity index is 1.58. The molecule has 24 heavy (non-hydrogen) atoms. The van der Waals surface area contributed by atoms with Crippen LogP contribution in [-0.2, 0) is 0 Å². The highest BCUT2D eigenvalue weighted by molar-refractivity contribution is 6.01. The Morgan fingerprint density at radius 2 is 1.83 bits per heavy atom. The molecule has 2 aromatic rings. The second-order valence-corrected chi connectivity index (χ2v) is 6.28. The Kier molecular flexibility index (Phi) is 3.66. The number of nitrogens with zero attached hydrogens (tertiary/aromatic N) is 3. The van der Waals surface area contributed by atoms with E-state index >= 15 is 0 Å². The minimum absolute atomic E-state index is 0.0739. The summed E-state index contributed by atoms with van der Waals surface area (Å²) in [6.07, 6.45) is 6.93. The maximum atomic E-state index is 13.4. The van der Waals surface area contributed by atoms with Gasteiger partial charge in [-0.2, -0.15) is 0 Å². The van der Waals surface area contributed by atoms with Crippen LogP contribution in [0.1, 0.15) is 60.4 Å². The van der Waals surface area contributed by atoms with Crippen LogP contribution in [0.4, 0.5) is 14.5 Å². The third kappa shape index (κ3) is 2.61. The Morgan fingerprint density at radius 3 is 2.62 bits per heavy atom. The highest BCUT2D eigenvalue weighted by Gasteiger charge is 2.29. The molecule has 1 aliphatic heterocycles.